The lowest BCUT2D eigenvalue weighted by atomic mass is 9.95. The third-order valence-corrected chi connectivity index (χ3v) is 3.42. The van der Waals surface area contributed by atoms with E-state index in [1.54, 1.807) is 0 Å². The largest absolute Gasteiger partial charge is 0.391 e. The molecule has 0 saturated carbocycles. The van der Waals surface area contributed by atoms with Crippen molar-refractivity contribution in [2.75, 3.05) is 26.7 Å². The molecule has 1 fully saturated rings. The summed E-state index contributed by atoms with van der Waals surface area (Å²) in [7, 11) is 1.88. The van der Waals surface area contributed by atoms with Crippen LogP contribution in [0.1, 0.15) is 26.2 Å². The molecule has 0 bridgehead atoms. The van der Waals surface area contributed by atoms with Gasteiger partial charge in [-0.05, 0) is 39.4 Å². The van der Waals surface area contributed by atoms with Gasteiger partial charge in [0.1, 0.15) is 0 Å². The molecule has 1 rings (SSSR count). The summed E-state index contributed by atoms with van der Waals surface area (Å²) in [6.07, 6.45) is -2.51. The van der Waals surface area contributed by atoms with Gasteiger partial charge < -0.3 is 5.32 Å². The maximum Gasteiger partial charge on any atom is 0.391 e. The van der Waals surface area contributed by atoms with Crippen molar-refractivity contribution in [1.29, 1.82) is 0 Å². The van der Waals surface area contributed by atoms with Crippen LogP contribution in [0.3, 0.4) is 0 Å². The van der Waals surface area contributed by atoms with Crippen LogP contribution in [-0.4, -0.2) is 43.8 Å². The lowest BCUT2D eigenvalue weighted by Gasteiger charge is -2.37. The van der Waals surface area contributed by atoms with E-state index in [4.69, 9.17) is 0 Å². The van der Waals surface area contributed by atoms with Crippen molar-refractivity contribution >= 4 is 0 Å². The van der Waals surface area contributed by atoms with Gasteiger partial charge in [0.05, 0.1) is 5.92 Å². The fourth-order valence-corrected chi connectivity index (χ4v) is 2.36. The predicted molar refractivity (Wildman–Crippen MR) is 58.4 cm³/mol. The van der Waals surface area contributed by atoms with Gasteiger partial charge in [-0.2, -0.15) is 13.2 Å². The van der Waals surface area contributed by atoms with Gasteiger partial charge in [-0.15, -0.1) is 0 Å². The number of hydrogen-bond donors (Lipinski definition) is 1. The minimum atomic E-state index is -4.00. The molecule has 1 aliphatic rings. The van der Waals surface area contributed by atoms with Gasteiger partial charge in [0, 0.05) is 12.6 Å². The van der Waals surface area contributed by atoms with Crippen LogP contribution in [0.5, 0.6) is 0 Å². The second kappa shape index (κ2) is 5.87. The highest BCUT2D eigenvalue weighted by Gasteiger charge is 2.41. The van der Waals surface area contributed by atoms with Crippen molar-refractivity contribution in [3.63, 3.8) is 0 Å². The summed E-state index contributed by atoms with van der Waals surface area (Å²) in [5.41, 5.74) is 0. The van der Waals surface area contributed by atoms with Crippen molar-refractivity contribution in [3.05, 3.63) is 0 Å². The molecule has 0 radical (unpaired) electrons. The Hall–Kier alpha value is -0.290. The van der Waals surface area contributed by atoms with E-state index in [0.717, 1.165) is 13.0 Å². The van der Waals surface area contributed by atoms with Crippen LogP contribution in [0.2, 0.25) is 0 Å². The monoisotopic (exact) mass is 238 g/mol. The Labute approximate surface area is 95.2 Å². The summed E-state index contributed by atoms with van der Waals surface area (Å²) in [6, 6.07) is 0.374. The Morgan fingerprint density at radius 2 is 1.88 bits per heavy atom. The molecule has 1 heterocycles. The molecule has 0 amide bonds. The van der Waals surface area contributed by atoms with Crippen LogP contribution in [0.15, 0.2) is 0 Å². The van der Waals surface area contributed by atoms with Crippen LogP contribution < -0.4 is 5.32 Å². The number of nitrogens with zero attached hydrogens (tertiary/aromatic N) is 1. The SMILES string of the molecule is CCC(CNC)N1CCC(C(F)(F)F)CC1. The van der Waals surface area contributed by atoms with Crippen LogP contribution in [0.4, 0.5) is 13.2 Å². The maximum absolute atomic E-state index is 12.5. The van der Waals surface area contributed by atoms with Crippen LogP contribution in [0.25, 0.3) is 0 Å². The fourth-order valence-electron chi connectivity index (χ4n) is 2.36. The summed E-state index contributed by atoms with van der Waals surface area (Å²) in [6.45, 7) is 4.08. The second-order valence-electron chi connectivity index (χ2n) is 4.47. The van der Waals surface area contributed by atoms with E-state index in [2.05, 4.69) is 17.1 Å². The first-order chi connectivity index (χ1) is 7.49. The molecule has 96 valence electrons. The summed E-state index contributed by atoms with van der Waals surface area (Å²) in [5.74, 6) is -1.09. The van der Waals surface area contributed by atoms with Gasteiger partial charge in [0.25, 0.3) is 0 Å². The van der Waals surface area contributed by atoms with E-state index in [-0.39, 0.29) is 12.8 Å². The third-order valence-electron chi connectivity index (χ3n) is 3.42. The highest BCUT2D eigenvalue weighted by Crippen LogP contribution is 2.34. The fraction of sp³-hybridized carbons (Fsp3) is 1.00. The van der Waals surface area contributed by atoms with Crippen molar-refractivity contribution in [2.24, 2.45) is 5.92 Å². The molecule has 0 spiro atoms. The highest BCUT2D eigenvalue weighted by molar-refractivity contribution is 4.81. The van der Waals surface area contributed by atoms with E-state index in [1.807, 2.05) is 7.05 Å². The first-order valence-electron chi connectivity index (χ1n) is 5.94. The highest BCUT2D eigenvalue weighted by atomic mass is 19.4. The normalized spacial score (nSPS) is 22.3. The molecule has 0 aromatic rings. The van der Waals surface area contributed by atoms with Crippen molar-refractivity contribution in [3.8, 4) is 0 Å². The molecule has 1 aliphatic heterocycles. The molecular formula is C11H21F3N2. The van der Waals surface area contributed by atoms with Gasteiger partial charge in [0.2, 0.25) is 0 Å². The summed E-state index contributed by atoms with van der Waals surface area (Å²) >= 11 is 0. The zero-order chi connectivity index (χ0) is 12.2. The minimum Gasteiger partial charge on any atom is -0.318 e. The first-order valence-corrected chi connectivity index (χ1v) is 5.94. The summed E-state index contributed by atoms with van der Waals surface area (Å²) < 4.78 is 37.4. The molecule has 1 N–H and O–H groups in total. The Morgan fingerprint density at radius 1 is 1.31 bits per heavy atom. The molecule has 0 aromatic carbocycles. The average Bonchev–Trinajstić information content (AvgIpc) is 2.25. The van der Waals surface area contributed by atoms with Gasteiger partial charge in [-0.25, -0.2) is 0 Å². The maximum atomic E-state index is 12.5. The lowest BCUT2D eigenvalue weighted by Crippen LogP contribution is -2.47. The van der Waals surface area contributed by atoms with E-state index in [0.29, 0.717) is 19.1 Å². The van der Waals surface area contributed by atoms with Crippen molar-refractivity contribution < 1.29 is 13.2 Å². The van der Waals surface area contributed by atoms with Crippen molar-refractivity contribution in [1.82, 2.24) is 10.2 Å². The molecule has 0 aromatic heterocycles. The topological polar surface area (TPSA) is 15.3 Å². The van der Waals surface area contributed by atoms with Gasteiger partial charge in [0.15, 0.2) is 0 Å². The molecule has 1 unspecified atom stereocenters. The Morgan fingerprint density at radius 3 is 2.25 bits per heavy atom. The molecule has 1 atom stereocenters. The first kappa shape index (κ1) is 13.8. The lowest BCUT2D eigenvalue weighted by molar-refractivity contribution is -0.186. The van der Waals surface area contributed by atoms with Crippen LogP contribution >= 0.6 is 0 Å². The molecule has 0 aliphatic carbocycles. The van der Waals surface area contributed by atoms with Gasteiger partial charge >= 0.3 is 6.18 Å². The number of rotatable bonds is 4. The van der Waals surface area contributed by atoms with E-state index >= 15 is 0 Å². The number of hydrogen-bond acceptors (Lipinski definition) is 2. The average molecular weight is 238 g/mol. The summed E-state index contributed by atoms with van der Waals surface area (Å²) in [4.78, 5) is 2.18. The zero-order valence-corrected chi connectivity index (χ0v) is 9.98. The van der Waals surface area contributed by atoms with Crippen LogP contribution in [-0.2, 0) is 0 Å². The molecule has 16 heavy (non-hydrogen) atoms. The van der Waals surface area contributed by atoms with Crippen LogP contribution in [0, 0.1) is 5.92 Å². The van der Waals surface area contributed by atoms with Gasteiger partial charge in [-0.3, -0.25) is 4.90 Å². The number of alkyl halides is 3. The predicted octanol–water partition coefficient (Wildman–Crippen LogP) is 2.26. The smallest absolute Gasteiger partial charge is 0.318 e. The number of likely N-dealkylation sites (tertiary alicyclic amines) is 1. The zero-order valence-electron chi connectivity index (χ0n) is 9.98. The second-order valence-corrected chi connectivity index (χ2v) is 4.47. The van der Waals surface area contributed by atoms with E-state index in [1.165, 1.54) is 0 Å². The number of likely N-dealkylation sites (N-methyl/N-ethyl adjacent to an activating group) is 1. The van der Waals surface area contributed by atoms with E-state index < -0.39 is 12.1 Å². The van der Waals surface area contributed by atoms with Crippen molar-refractivity contribution in [2.45, 2.75) is 38.4 Å². The molecular weight excluding hydrogens is 217 g/mol. The molecule has 1 saturated heterocycles. The van der Waals surface area contributed by atoms with E-state index in [9.17, 15) is 13.2 Å². The standard InChI is InChI=1S/C11H21F3N2/c1-3-10(8-15-2)16-6-4-9(5-7-16)11(12,13)14/h9-10,15H,3-8H2,1-2H3. The Balaban J connectivity index is 2.41. The minimum absolute atomic E-state index is 0.254. The number of piperidine rings is 1. The summed E-state index contributed by atoms with van der Waals surface area (Å²) in [5, 5.41) is 3.09. The molecule has 5 heteroatoms. The molecule has 2 nitrogen and oxygen atoms in total. The Bertz CT molecular complexity index is 198. The third kappa shape index (κ3) is 3.63. The van der Waals surface area contributed by atoms with Gasteiger partial charge in [-0.1, -0.05) is 6.92 Å². The number of nitrogens with one attached hydrogen (secondary N) is 1. The number of halogens is 3. The Kier molecular flexibility index (Phi) is 5.05. The quantitative estimate of drug-likeness (QED) is 0.808.